The molecule has 1 heterocycles. The molecule has 17 heavy (non-hydrogen) atoms. The molecule has 1 aromatic rings. The fourth-order valence-corrected chi connectivity index (χ4v) is 1.89. The van der Waals surface area contributed by atoms with E-state index in [0.717, 1.165) is 12.8 Å². The van der Waals surface area contributed by atoms with Gasteiger partial charge in [-0.05, 0) is 31.9 Å². The molecule has 1 aromatic heterocycles. The van der Waals surface area contributed by atoms with E-state index in [2.05, 4.69) is 26.1 Å². The summed E-state index contributed by atoms with van der Waals surface area (Å²) in [6, 6.07) is 3.00. The minimum Gasteiger partial charge on any atom is -0.447 e. The predicted octanol–water partition coefficient (Wildman–Crippen LogP) is 1.60. The van der Waals surface area contributed by atoms with E-state index in [0.29, 0.717) is 12.3 Å². The fraction of sp³-hybridized carbons (Fsp3) is 0.636. The highest BCUT2D eigenvalue weighted by atomic mass is 32.2. The summed E-state index contributed by atoms with van der Waals surface area (Å²) < 4.78 is 27.2. The van der Waals surface area contributed by atoms with Crippen molar-refractivity contribution < 1.29 is 12.8 Å². The van der Waals surface area contributed by atoms with Gasteiger partial charge in [0.2, 0.25) is 5.09 Å². The van der Waals surface area contributed by atoms with Crippen molar-refractivity contribution in [1.29, 1.82) is 0 Å². The topological polar surface area (TPSA) is 85.3 Å². The van der Waals surface area contributed by atoms with E-state index >= 15 is 0 Å². The number of hydrogen-bond acceptors (Lipinski definition) is 4. The first-order valence-corrected chi connectivity index (χ1v) is 7.22. The van der Waals surface area contributed by atoms with Gasteiger partial charge in [0.25, 0.3) is 10.0 Å². The Morgan fingerprint density at radius 3 is 2.35 bits per heavy atom. The lowest BCUT2D eigenvalue weighted by Gasteiger charge is -2.27. The van der Waals surface area contributed by atoms with Gasteiger partial charge in [0.05, 0.1) is 6.54 Å². The number of rotatable bonds is 6. The Kier molecular flexibility index (Phi) is 4.35. The van der Waals surface area contributed by atoms with Crippen LogP contribution >= 0.6 is 0 Å². The molecule has 0 aliphatic heterocycles. The first-order valence-electron chi connectivity index (χ1n) is 5.67. The lowest BCUT2D eigenvalue weighted by atomic mass is 9.95. The molecule has 3 N–H and O–H groups in total. The Bertz CT molecular complexity index is 461. The standard InChI is InChI=1S/C11H20N2O3S/c1-4-11(3,5-2)13-8-9-6-7-10(16-9)17(12,14)15/h6-7,13H,4-5,8H2,1-3H3,(H2,12,14,15). The number of primary sulfonamides is 1. The van der Waals surface area contributed by atoms with Crippen molar-refractivity contribution in [2.75, 3.05) is 0 Å². The maximum absolute atomic E-state index is 11.0. The normalized spacial score (nSPS) is 12.9. The van der Waals surface area contributed by atoms with Gasteiger partial charge in [0, 0.05) is 5.54 Å². The van der Waals surface area contributed by atoms with Crippen LogP contribution in [-0.2, 0) is 16.6 Å². The molecule has 0 spiro atoms. The van der Waals surface area contributed by atoms with Gasteiger partial charge in [-0.2, -0.15) is 0 Å². The number of nitrogens with one attached hydrogen (secondary N) is 1. The zero-order chi connectivity index (χ0) is 13.1. The SMILES string of the molecule is CCC(C)(CC)NCc1ccc(S(N)(=O)=O)o1. The van der Waals surface area contributed by atoms with E-state index in [1.165, 1.54) is 6.07 Å². The van der Waals surface area contributed by atoms with E-state index in [1.807, 2.05) is 0 Å². The lowest BCUT2D eigenvalue weighted by molar-refractivity contribution is 0.305. The largest absolute Gasteiger partial charge is 0.447 e. The van der Waals surface area contributed by atoms with Crippen molar-refractivity contribution in [3.8, 4) is 0 Å². The predicted molar refractivity (Wildman–Crippen MR) is 65.9 cm³/mol. The molecule has 0 saturated carbocycles. The summed E-state index contributed by atoms with van der Waals surface area (Å²) in [5, 5.41) is 8.12. The molecule has 0 saturated heterocycles. The zero-order valence-corrected chi connectivity index (χ0v) is 11.3. The van der Waals surface area contributed by atoms with Crippen LogP contribution in [0.2, 0.25) is 0 Å². The first-order chi connectivity index (χ1) is 7.80. The maximum Gasteiger partial charge on any atom is 0.271 e. The minimum atomic E-state index is -3.74. The van der Waals surface area contributed by atoms with Crippen LogP contribution in [0.4, 0.5) is 0 Å². The van der Waals surface area contributed by atoms with Gasteiger partial charge in [-0.15, -0.1) is 0 Å². The van der Waals surface area contributed by atoms with Crippen molar-refractivity contribution in [1.82, 2.24) is 5.32 Å². The highest BCUT2D eigenvalue weighted by Gasteiger charge is 2.19. The molecular weight excluding hydrogens is 240 g/mol. The first kappa shape index (κ1) is 14.2. The Labute approximate surface area is 102 Å². The van der Waals surface area contributed by atoms with Gasteiger partial charge in [0.1, 0.15) is 5.76 Å². The Balaban J connectivity index is 2.68. The summed E-state index contributed by atoms with van der Waals surface area (Å²) in [4.78, 5) is 0. The van der Waals surface area contributed by atoms with E-state index in [-0.39, 0.29) is 10.6 Å². The number of sulfonamides is 1. The van der Waals surface area contributed by atoms with E-state index in [1.54, 1.807) is 6.07 Å². The van der Waals surface area contributed by atoms with Crippen LogP contribution < -0.4 is 10.5 Å². The molecule has 0 radical (unpaired) electrons. The van der Waals surface area contributed by atoms with Crippen LogP contribution in [0.3, 0.4) is 0 Å². The molecule has 6 heteroatoms. The van der Waals surface area contributed by atoms with Crippen molar-refractivity contribution in [2.45, 2.75) is 50.8 Å². The van der Waals surface area contributed by atoms with Gasteiger partial charge in [0.15, 0.2) is 0 Å². The molecule has 1 rings (SSSR count). The Morgan fingerprint density at radius 1 is 1.35 bits per heavy atom. The van der Waals surface area contributed by atoms with Gasteiger partial charge >= 0.3 is 0 Å². The summed E-state index contributed by atoms with van der Waals surface area (Å²) >= 11 is 0. The summed E-state index contributed by atoms with van der Waals surface area (Å²) in [6.07, 6.45) is 1.98. The second-order valence-corrected chi connectivity index (χ2v) is 5.88. The molecule has 0 aliphatic carbocycles. The molecule has 5 nitrogen and oxygen atoms in total. The van der Waals surface area contributed by atoms with Crippen molar-refractivity contribution in [3.63, 3.8) is 0 Å². The van der Waals surface area contributed by atoms with Crippen LogP contribution in [0.15, 0.2) is 21.6 Å². The van der Waals surface area contributed by atoms with Crippen LogP contribution in [0, 0.1) is 0 Å². The van der Waals surface area contributed by atoms with Gasteiger partial charge in [-0.3, -0.25) is 0 Å². The third-order valence-corrected chi connectivity index (χ3v) is 3.95. The molecule has 0 unspecified atom stereocenters. The minimum absolute atomic E-state index is 0.0363. The summed E-state index contributed by atoms with van der Waals surface area (Å²) in [5.74, 6) is 0.571. The molecule has 0 amide bonds. The average molecular weight is 260 g/mol. The molecule has 0 aromatic carbocycles. The quantitative estimate of drug-likeness (QED) is 0.813. The van der Waals surface area contributed by atoms with Gasteiger partial charge < -0.3 is 9.73 Å². The highest BCUT2D eigenvalue weighted by Crippen LogP contribution is 2.17. The van der Waals surface area contributed by atoms with E-state index in [9.17, 15) is 8.42 Å². The van der Waals surface area contributed by atoms with Crippen molar-refractivity contribution >= 4 is 10.0 Å². The number of nitrogens with two attached hydrogens (primary N) is 1. The molecule has 0 fully saturated rings. The molecule has 0 atom stereocenters. The summed E-state index contributed by atoms with van der Waals surface area (Å²) in [5.41, 5.74) is 0.0363. The smallest absolute Gasteiger partial charge is 0.271 e. The second kappa shape index (κ2) is 5.20. The lowest BCUT2D eigenvalue weighted by Crippen LogP contribution is -2.40. The van der Waals surface area contributed by atoms with Crippen molar-refractivity contribution in [2.24, 2.45) is 5.14 Å². The molecule has 0 aliphatic rings. The van der Waals surface area contributed by atoms with Crippen LogP contribution in [0.5, 0.6) is 0 Å². The van der Waals surface area contributed by atoms with Crippen LogP contribution in [-0.4, -0.2) is 14.0 Å². The summed E-state index contributed by atoms with van der Waals surface area (Å²) in [7, 11) is -3.74. The monoisotopic (exact) mass is 260 g/mol. The third kappa shape index (κ3) is 3.83. The third-order valence-electron chi connectivity index (χ3n) is 3.17. The summed E-state index contributed by atoms with van der Waals surface area (Å²) in [6.45, 7) is 6.83. The number of furan rings is 1. The molecule has 0 bridgehead atoms. The maximum atomic E-state index is 11.0. The van der Waals surface area contributed by atoms with E-state index < -0.39 is 10.0 Å². The fourth-order valence-electron chi connectivity index (χ4n) is 1.41. The van der Waals surface area contributed by atoms with Gasteiger partial charge in [-0.1, -0.05) is 13.8 Å². The molecule has 98 valence electrons. The Hall–Kier alpha value is -0.850. The van der Waals surface area contributed by atoms with E-state index in [4.69, 9.17) is 9.56 Å². The zero-order valence-electron chi connectivity index (χ0n) is 10.5. The van der Waals surface area contributed by atoms with Crippen LogP contribution in [0.25, 0.3) is 0 Å². The number of hydrogen-bond donors (Lipinski definition) is 2. The molecular formula is C11H20N2O3S. The highest BCUT2D eigenvalue weighted by molar-refractivity contribution is 7.89. The van der Waals surface area contributed by atoms with Crippen LogP contribution in [0.1, 0.15) is 39.4 Å². The van der Waals surface area contributed by atoms with Crippen molar-refractivity contribution in [3.05, 3.63) is 17.9 Å². The Morgan fingerprint density at radius 2 is 1.94 bits per heavy atom. The second-order valence-electron chi connectivity index (χ2n) is 4.39. The average Bonchev–Trinajstić information content (AvgIpc) is 2.74. The van der Waals surface area contributed by atoms with Gasteiger partial charge in [-0.25, -0.2) is 13.6 Å².